The molecule has 0 saturated carbocycles. The van der Waals surface area contributed by atoms with Crippen molar-refractivity contribution in [2.24, 2.45) is 0 Å². The maximum Gasteiger partial charge on any atom is 0.292 e. The molecule has 6 heteroatoms. The number of aryl methyl sites for hydroxylation is 2. The van der Waals surface area contributed by atoms with Crippen LogP contribution in [0, 0.1) is 17.0 Å². The van der Waals surface area contributed by atoms with E-state index < -0.39 is 0 Å². The minimum atomic E-state index is -0.369. The Bertz CT molecular complexity index is 592. The highest BCUT2D eigenvalue weighted by molar-refractivity contribution is 5.62. The van der Waals surface area contributed by atoms with Gasteiger partial charge in [0.05, 0.1) is 17.2 Å². The van der Waals surface area contributed by atoms with Crippen LogP contribution in [0.3, 0.4) is 0 Å². The van der Waals surface area contributed by atoms with E-state index >= 15 is 0 Å². The van der Waals surface area contributed by atoms with Gasteiger partial charge in [-0.25, -0.2) is 0 Å². The van der Waals surface area contributed by atoms with Gasteiger partial charge in [-0.15, -0.1) is 0 Å². The Kier molecular flexibility index (Phi) is 3.79. The van der Waals surface area contributed by atoms with Gasteiger partial charge in [-0.05, 0) is 31.5 Å². The summed E-state index contributed by atoms with van der Waals surface area (Å²) in [5.74, 6) is 0. The Labute approximate surface area is 111 Å². The molecule has 0 aliphatic rings. The first-order chi connectivity index (χ1) is 9.11. The number of rotatable bonds is 5. The van der Waals surface area contributed by atoms with Gasteiger partial charge in [-0.3, -0.25) is 14.8 Å². The van der Waals surface area contributed by atoms with Crippen molar-refractivity contribution in [2.45, 2.75) is 26.9 Å². The summed E-state index contributed by atoms with van der Waals surface area (Å²) in [6.07, 6.45) is 1.73. The summed E-state index contributed by atoms with van der Waals surface area (Å²) in [5.41, 5.74) is 2.50. The average Bonchev–Trinajstić information content (AvgIpc) is 2.84. The van der Waals surface area contributed by atoms with E-state index in [-0.39, 0.29) is 10.6 Å². The van der Waals surface area contributed by atoms with Crippen LogP contribution in [-0.4, -0.2) is 14.7 Å². The highest BCUT2D eigenvalue weighted by Crippen LogP contribution is 2.25. The Morgan fingerprint density at radius 3 is 2.89 bits per heavy atom. The molecule has 0 atom stereocenters. The summed E-state index contributed by atoms with van der Waals surface area (Å²) >= 11 is 0. The van der Waals surface area contributed by atoms with Gasteiger partial charge in [0.25, 0.3) is 5.69 Å². The predicted octanol–water partition coefficient (Wildman–Crippen LogP) is 2.73. The lowest BCUT2D eigenvalue weighted by molar-refractivity contribution is -0.384. The van der Waals surface area contributed by atoms with Crippen molar-refractivity contribution in [3.05, 3.63) is 51.8 Å². The molecule has 1 aromatic carbocycles. The first-order valence-corrected chi connectivity index (χ1v) is 6.11. The molecule has 0 fully saturated rings. The van der Waals surface area contributed by atoms with Gasteiger partial charge in [-0.1, -0.05) is 6.07 Å². The molecule has 0 aliphatic heterocycles. The summed E-state index contributed by atoms with van der Waals surface area (Å²) in [4.78, 5) is 10.6. The zero-order valence-electron chi connectivity index (χ0n) is 11.0. The number of aromatic nitrogens is 2. The summed E-state index contributed by atoms with van der Waals surface area (Å²) < 4.78 is 1.85. The number of nitrogens with one attached hydrogen (secondary N) is 1. The molecule has 19 heavy (non-hydrogen) atoms. The van der Waals surface area contributed by atoms with Crippen molar-refractivity contribution in [2.75, 3.05) is 5.32 Å². The Morgan fingerprint density at radius 1 is 1.42 bits per heavy atom. The topological polar surface area (TPSA) is 73.0 Å². The molecule has 1 heterocycles. The standard InChI is InChI=1S/C13H16N4O2/c1-3-16-11(6-7-15-16)9-14-12-5-4-10(2)8-13(12)17(18)19/h4-8,14H,3,9H2,1-2H3. The third-order valence-corrected chi connectivity index (χ3v) is 2.91. The number of nitro groups is 1. The maximum atomic E-state index is 11.0. The zero-order valence-corrected chi connectivity index (χ0v) is 11.0. The fraction of sp³-hybridized carbons (Fsp3) is 0.308. The number of benzene rings is 1. The summed E-state index contributed by atoms with van der Waals surface area (Å²) in [7, 11) is 0. The molecule has 0 saturated heterocycles. The normalized spacial score (nSPS) is 10.4. The van der Waals surface area contributed by atoms with Crippen LogP contribution >= 0.6 is 0 Å². The number of nitrogens with zero attached hydrogens (tertiary/aromatic N) is 3. The monoisotopic (exact) mass is 260 g/mol. The van der Waals surface area contributed by atoms with E-state index in [1.807, 2.05) is 30.7 Å². The van der Waals surface area contributed by atoms with Gasteiger partial charge in [-0.2, -0.15) is 5.10 Å². The van der Waals surface area contributed by atoms with Gasteiger partial charge in [0.1, 0.15) is 5.69 Å². The molecule has 0 amide bonds. The number of hydrogen-bond acceptors (Lipinski definition) is 4. The smallest absolute Gasteiger partial charge is 0.292 e. The predicted molar refractivity (Wildman–Crippen MR) is 73.1 cm³/mol. The molecule has 0 unspecified atom stereocenters. The molecule has 0 spiro atoms. The van der Waals surface area contributed by atoms with Crippen molar-refractivity contribution in [1.82, 2.24) is 9.78 Å². The van der Waals surface area contributed by atoms with E-state index in [4.69, 9.17) is 0 Å². The molecule has 2 aromatic rings. The molecule has 0 aliphatic carbocycles. The van der Waals surface area contributed by atoms with Crippen LogP contribution in [0.1, 0.15) is 18.2 Å². The lowest BCUT2D eigenvalue weighted by atomic mass is 10.2. The summed E-state index contributed by atoms with van der Waals surface area (Å²) in [6.45, 7) is 5.13. The SMILES string of the molecule is CCn1nccc1CNc1ccc(C)cc1[N+](=O)[O-]. The quantitative estimate of drug-likeness (QED) is 0.662. The fourth-order valence-electron chi connectivity index (χ4n) is 1.92. The molecular weight excluding hydrogens is 244 g/mol. The maximum absolute atomic E-state index is 11.0. The van der Waals surface area contributed by atoms with Crippen LogP contribution < -0.4 is 5.32 Å². The highest BCUT2D eigenvalue weighted by Gasteiger charge is 2.13. The van der Waals surface area contributed by atoms with Crippen LogP contribution in [0.4, 0.5) is 11.4 Å². The van der Waals surface area contributed by atoms with E-state index in [0.717, 1.165) is 17.8 Å². The lowest BCUT2D eigenvalue weighted by Crippen LogP contribution is -2.08. The fourth-order valence-corrected chi connectivity index (χ4v) is 1.92. The lowest BCUT2D eigenvalue weighted by Gasteiger charge is -2.09. The van der Waals surface area contributed by atoms with Gasteiger partial charge in [0.2, 0.25) is 0 Å². The van der Waals surface area contributed by atoms with Gasteiger partial charge < -0.3 is 5.32 Å². The van der Waals surface area contributed by atoms with Crippen LogP contribution in [-0.2, 0) is 13.1 Å². The van der Waals surface area contributed by atoms with E-state index in [1.54, 1.807) is 18.3 Å². The molecule has 100 valence electrons. The minimum absolute atomic E-state index is 0.0996. The molecule has 2 rings (SSSR count). The second-order valence-corrected chi connectivity index (χ2v) is 4.27. The molecule has 0 radical (unpaired) electrons. The van der Waals surface area contributed by atoms with Crippen molar-refractivity contribution >= 4 is 11.4 Å². The Balaban J connectivity index is 2.18. The summed E-state index contributed by atoms with van der Waals surface area (Å²) in [5, 5.41) is 18.3. The van der Waals surface area contributed by atoms with E-state index in [1.165, 1.54) is 0 Å². The number of anilines is 1. The van der Waals surface area contributed by atoms with Crippen molar-refractivity contribution in [3.63, 3.8) is 0 Å². The van der Waals surface area contributed by atoms with Crippen LogP contribution in [0.25, 0.3) is 0 Å². The molecular formula is C13H16N4O2. The first-order valence-electron chi connectivity index (χ1n) is 6.11. The molecule has 0 bridgehead atoms. The van der Waals surface area contributed by atoms with E-state index in [0.29, 0.717) is 12.2 Å². The zero-order chi connectivity index (χ0) is 13.8. The van der Waals surface area contributed by atoms with Crippen molar-refractivity contribution in [1.29, 1.82) is 0 Å². The number of hydrogen-bond donors (Lipinski definition) is 1. The van der Waals surface area contributed by atoms with Crippen molar-refractivity contribution in [3.8, 4) is 0 Å². The van der Waals surface area contributed by atoms with Crippen LogP contribution in [0.5, 0.6) is 0 Å². The average molecular weight is 260 g/mol. The first kappa shape index (κ1) is 13.1. The van der Waals surface area contributed by atoms with Gasteiger partial charge in [0.15, 0.2) is 0 Å². The van der Waals surface area contributed by atoms with Gasteiger partial charge >= 0.3 is 0 Å². The van der Waals surface area contributed by atoms with Crippen LogP contribution in [0.15, 0.2) is 30.5 Å². The molecule has 6 nitrogen and oxygen atoms in total. The second kappa shape index (κ2) is 5.51. The second-order valence-electron chi connectivity index (χ2n) is 4.27. The Morgan fingerprint density at radius 2 is 2.21 bits per heavy atom. The third kappa shape index (κ3) is 2.90. The minimum Gasteiger partial charge on any atom is -0.374 e. The third-order valence-electron chi connectivity index (χ3n) is 2.91. The van der Waals surface area contributed by atoms with E-state index in [9.17, 15) is 10.1 Å². The highest BCUT2D eigenvalue weighted by atomic mass is 16.6. The van der Waals surface area contributed by atoms with Crippen LogP contribution in [0.2, 0.25) is 0 Å². The molecule has 1 aromatic heterocycles. The Hall–Kier alpha value is -2.37. The van der Waals surface area contributed by atoms with Crippen molar-refractivity contribution < 1.29 is 4.92 Å². The summed E-state index contributed by atoms with van der Waals surface area (Å²) in [6, 6.07) is 7.06. The van der Waals surface area contributed by atoms with Gasteiger partial charge in [0, 0.05) is 18.8 Å². The van der Waals surface area contributed by atoms with E-state index in [2.05, 4.69) is 10.4 Å². The largest absolute Gasteiger partial charge is 0.374 e. The molecule has 1 N–H and O–H groups in total. The number of nitro benzene ring substituents is 1.